The number of carbonyl (C=O) groups is 2. The lowest BCUT2D eigenvalue weighted by molar-refractivity contribution is -0.130. The van der Waals surface area contributed by atoms with Gasteiger partial charge in [0.2, 0.25) is 5.91 Å². The number of amides is 1. The van der Waals surface area contributed by atoms with Gasteiger partial charge in [0.25, 0.3) is 0 Å². The molecule has 1 atom stereocenters. The molecule has 3 nitrogen and oxygen atoms in total. The van der Waals surface area contributed by atoms with Crippen LogP contribution in [0.3, 0.4) is 0 Å². The van der Waals surface area contributed by atoms with Gasteiger partial charge >= 0.3 is 0 Å². The van der Waals surface area contributed by atoms with Crippen LogP contribution in [0.15, 0.2) is 54.6 Å². The van der Waals surface area contributed by atoms with Crippen molar-refractivity contribution in [3.05, 3.63) is 71.3 Å². The first kappa shape index (κ1) is 16.0. The molecule has 0 bridgehead atoms. The topological polar surface area (TPSA) is 37.4 Å². The van der Waals surface area contributed by atoms with E-state index in [2.05, 4.69) is 0 Å². The summed E-state index contributed by atoms with van der Waals surface area (Å²) in [6.45, 7) is 3.98. The maximum absolute atomic E-state index is 12.5. The van der Waals surface area contributed by atoms with Gasteiger partial charge in [-0.2, -0.15) is 0 Å². The van der Waals surface area contributed by atoms with Crippen molar-refractivity contribution in [2.75, 3.05) is 13.6 Å². The van der Waals surface area contributed by atoms with Gasteiger partial charge < -0.3 is 4.90 Å². The quantitative estimate of drug-likeness (QED) is 0.792. The number of hydrogen-bond acceptors (Lipinski definition) is 2. The van der Waals surface area contributed by atoms with Gasteiger partial charge in [-0.25, -0.2) is 0 Å². The molecule has 0 saturated carbocycles. The van der Waals surface area contributed by atoms with Crippen molar-refractivity contribution in [2.45, 2.75) is 19.8 Å². The van der Waals surface area contributed by atoms with Crippen LogP contribution in [-0.2, 0) is 4.79 Å². The molecule has 0 aliphatic carbocycles. The fourth-order valence-corrected chi connectivity index (χ4v) is 2.42. The minimum Gasteiger partial charge on any atom is -0.338 e. The maximum Gasteiger partial charge on any atom is 0.229 e. The minimum atomic E-state index is -0.256. The molecule has 22 heavy (non-hydrogen) atoms. The smallest absolute Gasteiger partial charge is 0.229 e. The molecule has 0 N–H and O–H groups in total. The van der Waals surface area contributed by atoms with Gasteiger partial charge in [0.05, 0.1) is 12.5 Å². The van der Waals surface area contributed by atoms with Gasteiger partial charge in [-0.3, -0.25) is 9.59 Å². The first-order valence-corrected chi connectivity index (χ1v) is 7.39. The normalized spacial score (nSPS) is 11.8. The van der Waals surface area contributed by atoms with E-state index in [-0.39, 0.29) is 24.2 Å². The van der Waals surface area contributed by atoms with Crippen LogP contribution in [0, 0.1) is 6.92 Å². The monoisotopic (exact) mass is 295 g/mol. The Morgan fingerprint density at radius 2 is 1.73 bits per heavy atom. The summed E-state index contributed by atoms with van der Waals surface area (Å²) >= 11 is 0. The van der Waals surface area contributed by atoms with E-state index in [1.807, 2.05) is 56.3 Å². The lowest BCUT2D eigenvalue weighted by Gasteiger charge is -2.21. The van der Waals surface area contributed by atoms with Crippen molar-refractivity contribution in [3.8, 4) is 0 Å². The second-order valence-corrected chi connectivity index (χ2v) is 5.62. The summed E-state index contributed by atoms with van der Waals surface area (Å²) < 4.78 is 0. The highest BCUT2D eigenvalue weighted by Crippen LogP contribution is 2.18. The van der Waals surface area contributed by atoms with Crippen molar-refractivity contribution in [1.29, 1.82) is 0 Å². The van der Waals surface area contributed by atoms with Crippen LogP contribution in [0.1, 0.15) is 34.3 Å². The summed E-state index contributed by atoms with van der Waals surface area (Å²) in [6, 6.07) is 17.0. The van der Waals surface area contributed by atoms with Crippen molar-refractivity contribution in [3.63, 3.8) is 0 Å². The summed E-state index contributed by atoms with van der Waals surface area (Å²) in [7, 11) is 1.68. The van der Waals surface area contributed by atoms with Gasteiger partial charge in [0, 0.05) is 12.6 Å². The Bertz CT molecular complexity index is 664. The van der Waals surface area contributed by atoms with Crippen LogP contribution < -0.4 is 0 Å². The van der Waals surface area contributed by atoms with E-state index in [0.29, 0.717) is 5.56 Å². The standard InChI is InChI=1S/C19H21NO2/c1-14-8-7-11-17(12-14)15(2)19(22)20(3)13-18(21)16-9-5-4-6-10-16/h4-12,15H,13H2,1-3H3. The average molecular weight is 295 g/mol. The molecule has 2 rings (SSSR count). The molecule has 1 unspecified atom stereocenters. The molecule has 0 aliphatic heterocycles. The fourth-order valence-electron chi connectivity index (χ4n) is 2.42. The average Bonchev–Trinajstić information content (AvgIpc) is 2.54. The van der Waals surface area contributed by atoms with E-state index in [9.17, 15) is 9.59 Å². The number of aryl methyl sites for hydroxylation is 1. The van der Waals surface area contributed by atoms with Crippen LogP contribution in [0.2, 0.25) is 0 Å². The Kier molecular flexibility index (Phi) is 5.10. The van der Waals surface area contributed by atoms with Gasteiger partial charge in [-0.15, -0.1) is 0 Å². The first-order valence-electron chi connectivity index (χ1n) is 7.39. The molecular formula is C19H21NO2. The van der Waals surface area contributed by atoms with Gasteiger partial charge in [-0.1, -0.05) is 60.2 Å². The number of benzene rings is 2. The van der Waals surface area contributed by atoms with Crippen LogP contribution in [-0.4, -0.2) is 30.2 Å². The number of ketones is 1. The summed E-state index contributed by atoms with van der Waals surface area (Å²) in [4.78, 5) is 26.2. The number of rotatable bonds is 5. The zero-order chi connectivity index (χ0) is 16.1. The highest BCUT2D eigenvalue weighted by molar-refractivity contribution is 5.99. The lowest BCUT2D eigenvalue weighted by Crippen LogP contribution is -2.35. The molecule has 0 aromatic heterocycles. The zero-order valence-electron chi connectivity index (χ0n) is 13.2. The van der Waals surface area contributed by atoms with E-state index in [1.165, 1.54) is 4.90 Å². The summed E-state index contributed by atoms with van der Waals surface area (Å²) in [5, 5.41) is 0. The van der Waals surface area contributed by atoms with Crippen LogP contribution in [0.4, 0.5) is 0 Å². The Morgan fingerprint density at radius 1 is 1.05 bits per heavy atom. The lowest BCUT2D eigenvalue weighted by atomic mass is 9.98. The Morgan fingerprint density at radius 3 is 2.36 bits per heavy atom. The third-order valence-corrected chi connectivity index (χ3v) is 3.77. The summed E-state index contributed by atoms with van der Waals surface area (Å²) in [5.74, 6) is -0.351. The van der Waals surface area contributed by atoms with E-state index in [0.717, 1.165) is 11.1 Å². The van der Waals surface area contributed by atoms with Crippen LogP contribution in [0.5, 0.6) is 0 Å². The van der Waals surface area contributed by atoms with Crippen molar-refractivity contribution in [2.24, 2.45) is 0 Å². The Labute approximate surface area is 131 Å². The van der Waals surface area contributed by atoms with E-state index in [1.54, 1.807) is 19.2 Å². The minimum absolute atomic E-state index is 0.0464. The predicted molar refractivity (Wildman–Crippen MR) is 88.0 cm³/mol. The number of carbonyl (C=O) groups excluding carboxylic acids is 2. The summed E-state index contributed by atoms with van der Waals surface area (Å²) in [6.07, 6.45) is 0. The highest BCUT2D eigenvalue weighted by Gasteiger charge is 2.21. The number of nitrogens with zero attached hydrogens (tertiary/aromatic N) is 1. The van der Waals surface area contributed by atoms with Crippen molar-refractivity contribution < 1.29 is 9.59 Å². The van der Waals surface area contributed by atoms with Gasteiger partial charge in [-0.05, 0) is 19.4 Å². The van der Waals surface area contributed by atoms with Crippen molar-refractivity contribution in [1.82, 2.24) is 4.90 Å². The molecule has 0 aliphatic rings. The van der Waals surface area contributed by atoms with Gasteiger partial charge in [0.1, 0.15) is 0 Å². The summed E-state index contributed by atoms with van der Waals surface area (Å²) in [5.41, 5.74) is 2.73. The van der Waals surface area contributed by atoms with Crippen LogP contribution in [0.25, 0.3) is 0 Å². The SMILES string of the molecule is Cc1cccc(C(C)C(=O)N(C)CC(=O)c2ccccc2)c1. The zero-order valence-corrected chi connectivity index (χ0v) is 13.2. The maximum atomic E-state index is 12.5. The number of hydrogen-bond donors (Lipinski definition) is 0. The Hall–Kier alpha value is -2.42. The fraction of sp³-hybridized carbons (Fsp3) is 0.263. The van der Waals surface area contributed by atoms with E-state index < -0.39 is 0 Å². The molecule has 0 heterocycles. The molecule has 1 amide bonds. The molecule has 2 aromatic rings. The molecule has 0 fully saturated rings. The molecular weight excluding hydrogens is 274 g/mol. The predicted octanol–water partition coefficient (Wildman–Crippen LogP) is 3.44. The second-order valence-electron chi connectivity index (χ2n) is 5.62. The number of Topliss-reactive ketones (excluding diaryl/α,β-unsaturated/α-hetero) is 1. The third kappa shape index (κ3) is 3.82. The Balaban J connectivity index is 2.04. The highest BCUT2D eigenvalue weighted by atomic mass is 16.2. The van der Waals surface area contributed by atoms with Gasteiger partial charge in [0.15, 0.2) is 5.78 Å². The first-order chi connectivity index (χ1) is 10.5. The molecule has 2 aromatic carbocycles. The second kappa shape index (κ2) is 7.03. The molecule has 0 spiro atoms. The van der Waals surface area contributed by atoms with Crippen LogP contribution >= 0.6 is 0 Å². The molecule has 0 radical (unpaired) electrons. The molecule has 3 heteroatoms. The van der Waals surface area contributed by atoms with Crippen molar-refractivity contribution >= 4 is 11.7 Å². The largest absolute Gasteiger partial charge is 0.338 e. The number of likely N-dealkylation sites (N-methyl/N-ethyl adjacent to an activating group) is 1. The molecule has 0 saturated heterocycles. The van der Waals surface area contributed by atoms with E-state index in [4.69, 9.17) is 0 Å². The third-order valence-electron chi connectivity index (χ3n) is 3.77. The van der Waals surface area contributed by atoms with E-state index >= 15 is 0 Å². The molecule has 114 valence electrons.